The van der Waals surface area contributed by atoms with Gasteiger partial charge in [0.05, 0.1) is 0 Å². The molecule has 0 saturated heterocycles. The van der Waals surface area contributed by atoms with E-state index in [1.165, 1.54) is 0 Å². The maximum atomic E-state index is 8.76. The summed E-state index contributed by atoms with van der Waals surface area (Å²) in [6, 6.07) is 0. The average molecular weight is 174 g/mol. The minimum absolute atomic E-state index is 0.521. The van der Waals surface area contributed by atoms with Crippen LogP contribution in [0.3, 0.4) is 0 Å². The van der Waals surface area contributed by atoms with Gasteiger partial charge in [-0.25, -0.2) is 0 Å². The molecule has 11 heavy (non-hydrogen) atoms. The van der Waals surface area contributed by atoms with Crippen LogP contribution in [0.1, 0.15) is 20.3 Å². The van der Waals surface area contributed by atoms with Crippen molar-refractivity contribution >= 4 is 18.7 Å². The molecule has 2 nitrogen and oxygen atoms in total. The summed E-state index contributed by atoms with van der Waals surface area (Å²) >= 11 is 5.65. The first kappa shape index (κ1) is 10.8. The second-order valence-corrected chi connectivity index (χ2v) is 2.56. The summed E-state index contributed by atoms with van der Waals surface area (Å²) in [4.78, 5) is 0. The molecule has 0 heterocycles. The molecule has 4 heteroatoms. The highest BCUT2D eigenvalue weighted by Gasteiger charge is 2.11. The number of hydrogen-bond donors (Lipinski definition) is 2. The van der Waals surface area contributed by atoms with E-state index in [1.807, 2.05) is 6.92 Å². The van der Waals surface area contributed by atoms with E-state index >= 15 is 0 Å². The third-order valence-corrected chi connectivity index (χ3v) is 1.67. The third-order valence-electron chi connectivity index (χ3n) is 1.34. The maximum absolute atomic E-state index is 8.76. The monoisotopic (exact) mass is 174 g/mol. The predicted octanol–water partition coefficient (Wildman–Crippen LogP) is 1.48. The van der Waals surface area contributed by atoms with E-state index in [4.69, 9.17) is 21.6 Å². The van der Waals surface area contributed by atoms with Gasteiger partial charge >= 0.3 is 7.12 Å². The topological polar surface area (TPSA) is 40.5 Å². The van der Waals surface area contributed by atoms with E-state index in [0.29, 0.717) is 16.9 Å². The molecule has 0 aromatic rings. The van der Waals surface area contributed by atoms with Crippen molar-refractivity contribution in [2.45, 2.75) is 20.3 Å². The molecule has 0 spiro atoms. The Morgan fingerprint density at radius 2 is 2.09 bits per heavy atom. The summed E-state index contributed by atoms with van der Waals surface area (Å²) < 4.78 is 0. The first-order chi connectivity index (χ1) is 5.11. The van der Waals surface area contributed by atoms with Crippen LogP contribution < -0.4 is 0 Å². The van der Waals surface area contributed by atoms with Gasteiger partial charge in [0.2, 0.25) is 0 Å². The van der Waals surface area contributed by atoms with Gasteiger partial charge in [-0.1, -0.05) is 24.6 Å². The summed E-state index contributed by atoms with van der Waals surface area (Å²) in [6.45, 7) is 3.63. The SMILES string of the molecule is C/C=C(Cl)\C=C(/CC)B(O)O. The molecule has 0 amide bonds. The fourth-order valence-corrected chi connectivity index (χ4v) is 0.760. The molecule has 2 N–H and O–H groups in total. The molecule has 62 valence electrons. The molecule has 0 aliphatic rings. The molecular weight excluding hydrogens is 162 g/mol. The predicted molar refractivity (Wildman–Crippen MR) is 48.2 cm³/mol. The number of allylic oxidation sites excluding steroid dienone is 4. The lowest BCUT2D eigenvalue weighted by atomic mass is 9.77. The molecule has 0 bridgehead atoms. The Labute approximate surface area is 72.3 Å². The molecule has 0 aliphatic carbocycles. The first-order valence-electron chi connectivity index (χ1n) is 3.50. The van der Waals surface area contributed by atoms with Crippen LogP contribution in [0.25, 0.3) is 0 Å². The minimum atomic E-state index is -1.39. The van der Waals surface area contributed by atoms with Crippen molar-refractivity contribution in [2.75, 3.05) is 0 Å². The van der Waals surface area contributed by atoms with Gasteiger partial charge in [0.15, 0.2) is 0 Å². The zero-order valence-electron chi connectivity index (χ0n) is 6.71. The lowest BCUT2D eigenvalue weighted by Crippen LogP contribution is -2.14. The number of halogens is 1. The van der Waals surface area contributed by atoms with Crippen LogP contribution in [-0.4, -0.2) is 17.2 Å². The highest BCUT2D eigenvalue weighted by atomic mass is 35.5. The summed E-state index contributed by atoms with van der Waals surface area (Å²) in [6.07, 6.45) is 3.84. The van der Waals surface area contributed by atoms with E-state index in [9.17, 15) is 0 Å². The van der Waals surface area contributed by atoms with Crippen molar-refractivity contribution < 1.29 is 10.0 Å². The van der Waals surface area contributed by atoms with Crippen LogP contribution in [0.4, 0.5) is 0 Å². The quantitative estimate of drug-likeness (QED) is 0.503. The average Bonchev–Trinajstić information content (AvgIpc) is 1.99. The van der Waals surface area contributed by atoms with Crippen molar-refractivity contribution in [3.05, 3.63) is 22.7 Å². The van der Waals surface area contributed by atoms with Crippen molar-refractivity contribution in [2.24, 2.45) is 0 Å². The number of hydrogen-bond acceptors (Lipinski definition) is 2. The summed E-state index contributed by atoms with van der Waals surface area (Å²) in [5.41, 5.74) is 0.521. The highest BCUT2D eigenvalue weighted by Crippen LogP contribution is 2.10. The van der Waals surface area contributed by atoms with Crippen LogP contribution in [0.2, 0.25) is 0 Å². The van der Waals surface area contributed by atoms with Crippen LogP contribution in [0.5, 0.6) is 0 Å². The minimum Gasteiger partial charge on any atom is -0.423 e. The van der Waals surface area contributed by atoms with Gasteiger partial charge in [0, 0.05) is 5.03 Å². The smallest absolute Gasteiger partial charge is 0.423 e. The third kappa shape index (κ3) is 4.25. The Hall–Kier alpha value is -0.245. The Morgan fingerprint density at radius 3 is 2.36 bits per heavy atom. The molecule has 0 atom stereocenters. The fraction of sp³-hybridized carbons (Fsp3) is 0.429. The molecule has 0 fully saturated rings. The van der Waals surface area contributed by atoms with Gasteiger partial charge in [-0.3, -0.25) is 0 Å². The van der Waals surface area contributed by atoms with Crippen LogP contribution >= 0.6 is 11.6 Å². The Bertz CT molecular complexity index is 175. The first-order valence-corrected chi connectivity index (χ1v) is 3.88. The van der Waals surface area contributed by atoms with Crippen LogP contribution in [0, 0.1) is 0 Å². The van der Waals surface area contributed by atoms with Crippen molar-refractivity contribution in [1.29, 1.82) is 0 Å². The van der Waals surface area contributed by atoms with E-state index < -0.39 is 7.12 Å². The van der Waals surface area contributed by atoms with Crippen molar-refractivity contribution in [1.82, 2.24) is 0 Å². The Balaban J connectivity index is 4.35. The molecule has 0 aromatic carbocycles. The molecule has 0 saturated carbocycles. The lowest BCUT2D eigenvalue weighted by molar-refractivity contribution is 0.417. The van der Waals surface area contributed by atoms with Gasteiger partial charge < -0.3 is 10.0 Å². The van der Waals surface area contributed by atoms with Gasteiger partial charge in [-0.2, -0.15) is 0 Å². The standard InChI is InChI=1S/C7H12BClO2/c1-3-6(8(10)11)5-7(9)4-2/h4-5,10-11H,3H2,1-2H3/b6-5+,7-4+. The van der Waals surface area contributed by atoms with Crippen molar-refractivity contribution in [3.8, 4) is 0 Å². The van der Waals surface area contributed by atoms with Gasteiger partial charge in [-0.05, 0) is 24.9 Å². The number of rotatable bonds is 3. The van der Waals surface area contributed by atoms with E-state index in [1.54, 1.807) is 19.1 Å². The van der Waals surface area contributed by atoms with Crippen LogP contribution in [-0.2, 0) is 0 Å². The zero-order valence-corrected chi connectivity index (χ0v) is 7.47. The van der Waals surface area contributed by atoms with Gasteiger partial charge in [0.1, 0.15) is 0 Å². The molecule has 0 radical (unpaired) electrons. The summed E-state index contributed by atoms with van der Waals surface area (Å²) in [7, 11) is -1.39. The van der Waals surface area contributed by atoms with E-state index in [-0.39, 0.29) is 0 Å². The highest BCUT2D eigenvalue weighted by molar-refractivity contribution is 6.51. The maximum Gasteiger partial charge on any atom is 0.484 e. The molecule has 0 rings (SSSR count). The fourth-order valence-electron chi connectivity index (χ4n) is 0.620. The van der Waals surface area contributed by atoms with Crippen LogP contribution in [0.15, 0.2) is 22.7 Å². The zero-order chi connectivity index (χ0) is 8.85. The molecule has 0 unspecified atom stereocenters. The summed E-state index contributed by atoms with van der Waals surface area (Å²) in [5, 5.41) is 18.0. The van der Waals surface area contributed by atoms with E-state index in [0.717, 1.165) is 0 Å². The van der Waals surface area contributed by atoms with Gasteiger partial charge in [-0.15, -0.1) is 0 Å². The van der Waals surface area contributed by atoms with Crippen molar-refractivity contribution in [3.63, 3.8) is 0 Å². The summed E-state index contributed by atoms with van der Waals surface area (Å²) in [5.74, 6) is 0. The van der Waals surface area contributed by atoms with E-state index in [2.05, 4.69) is 0 Å². The largest absolute Gasteiger partial charge is 0.484 e. The Kier molecular flexibility index (Phi) is 5.29. The lowest BCUT2D eigenvalue weighted by Gasteiger charge is -2.00. The second kappa shape index (κ2) is 5.41. The second-order valence-electron chi connectivity index (χ2n) is 2.12. The molecule has 0 aliphatic heterocycles. The molecule has 0 aromatic heterocycles. The van der Waals surface area contributed by atoms with Gasteiger partial charge in [0.25, 0.3) is 0 Å². The Morgan fingerprint density at radius 1 is 1.55 bits per heavy atom. The normalized spacial score (nSPS) is 13.5. The molecular formula is C7H12BClO2.